The van der Waals surface area contributed by atoms with Crippen LogP contribution in [0.1, 0.15) is 12.8 Å². The number of carbonyl (C=O) groups excluding carboxylic acids is 1. The highest BCUT2D eigenvalue weighted by molar-refractivity contribution is 7.89. The molecule has 2 aromatic carbocycles. The Bertz CT molecular complexity index is 848. The minimum atomic E-state index is -3.49. The van der Waals surface area contributed by atoms with Gasteiger partial charge in [-0.1, -0.05) is 35.9 Å². The number of halogens is 1. The summed E-state index contributed by atoms with van der Waals surface area (Å²) in [7, 11) is -3.49. The normalized spacial score (nSPS) is 16.5. The molecule has 0 spiro atoms. The first-order valence-corrected chi connectivity index (χ1v) is 9.90. The van der Waals surface area contributed by atoms with Crippen molar-refractivity contribution in [2.75, 3.05) is 18.4 Å². The van der Waals surface area contributed by atoms with Crippen LogP contribution in [-0.2, 0) is 14.8 Å². The van der Waals surface area contributed by atoms with Crippen molar-refractivity contribution in [3.8, 4) is 0 Å². The van der Waals surface area contributed by atoms with Gasteiger partial charge in [0, 0.05) is 29.7 Å². The highest BCUT2D eigenvalue weighted by atomic mass is 35.5. The monoisotopic (exact) mass is 378 g/mol. The number of rotatable bonds is 4. The molecule has 0 bridgehead atoms. The lowest BCUT2D eigenvalue weighted by Gasteiger charge is -2.30. The van der Waals surface area contributed by atoms with Crippen LogP contribution >= 0.6 is 11.6 Å². The summed E-state index contributed by atoms with van der Waals surface area (Å²) < 4.78 is 26.7. The summed E-state index contributed by atoms with van der Waals surface area (Å²) in [5.41, 5.74) is 0.650. The number of nitrogens with zero attached hydrogens (tertiary/aromatic N) is 1. The highest BCUT2D eigenvalue weighted by Gasteiger charge is 2.31. The minimum absolute atomic E-state index is 0.0981. The zero-order chi connectivity index (χ0) is 17.9. The third-order valence-electron chi connectivity index (χ3n) is 4.30. The molecule has 1 saturated heterocycles. The number of nitrogens with one attached hydrogen (secondary N) is 1. The molecule has 25 heavy (non-hydrogen) atoms. The largest absolute Gasteiger partial charge is 0.326 e. The molecule has 3 rings (SSSR count). The number of benzene rings is 2. The summed E-state index contributed by atoms with van der Waals surface area (Å²) in [4.78, 5) is 12.7. The Morgan fingerprint density at radius 1 is 1.04 bits per heavy atom. The predicted octanol–water partition coefficient (Wildman–Crippen LogP) is 3.38. The fourth-order valence-corrected chi connectivity index (χ4v) is 4.59. The number of amides is 1. The molecular formula is C18H19ClN2O3S. The zero-order valence-corrected chi connectivity index (χ0v) is 15.1. The van der Waals surface area contributed by atoms with Gasteiger partial charge >= 0.3 is 0 Å². The van der Waals surface area contributed by atoms with Crippen molar-refractivity contribution in [2.45, 2.75) is 17.7 Å². The van der Waals surface area contributed by atoms with Crippen molar-refractivity contribution in [2.24, 2.45) is 5.92 Å². The lowest BCUT2D eigenvalue weighted by atomic mass is 9.97. The maximum absolute atomic E-state index is 12.6. The smallest absolute Gasteiger partial charge is 0.243 e. The highest BCUT2D eigenvalue weighted by Crippen LogP contribution is 2.25. The SMILES string of the molecule is O=C(Nc1cccc(Cl)c1)C1CCN(S(=O)(=O)c2ccccc2)CC1. The molecular weight excluding hydrogens is 360 g/mol. The molecule has 0 atom stereocenters. The van der Waals surface area contributed by atoms with E-state index >= 15 is 0 Å². The molecule has 5 nitrogen and oxygen atoms in total. The second-order valence-electron chi connectivity index (χ2n) is 5.99. The van der Waals surface area contributed by atoms with Gasteiger partial charge in [0.15, 0.2) is 0 Å². The Balaban J connectivity index is 1.61. The second kappa shape index (κ2) is 7.56. The number of sulfonamides is 1. The molecule has 1 aliphatic rings. The lowest BCUT2D eigenvalue weighted by molar-refractivity contribution is -0.120. The molecule has 132 valence electrons. The van der Waals surface area contributed by atoms with Crippen molar-refractivity contribution in [1.29, 1.82) is 0 Å². The fraction of sp³-hybridized carbons (Fsp3) is 0.278. The Morgan fingerprint density at radius 3 is 2.36 bits per heavy atom. The maximum atomic E-state index is 12.6. The first kappa shape index (κ1) is 17.9. The lowest BCUT2D eigenvalue weighted by Crippen LogP contribution is -2.41. The van der Waals surface area contributed by atoms with E-state index in [2.05, 4.69) is 5.32 Å². The van der Waals surface area contributed by atoms with Crippen LogP contribution in [0.4, 0.5) is 5.69 Å². The standard InChI is InChI=1S/C18H19ClN2O3S/c19-15-5-4-6-16(13-15)20-18(22)14-9-11-21(12-10-14)25(23,24)17-7-2-1-3-8-17/h1-8,13-14H,9-12H2,(H,20,22). The number of hydrogen-bond acceptors (Lipinski definition) is 3. The van der Waals surface area contributed by atoms with Crippen LogP contribution in [0.3, 0.4) is 0 Å². The molecule has 0 saturated carbocycles. The summed E-state index contributed by atoms with van der Waals surface area (Å²) in [6.07, 6.45) is 0.997. The summed E-state index contributed by atoms with van der Waals surface area (Å²) in [6, 6.07) is 15.4. The van der Waals surface area contributed by atoms with Crippen molar-refractivity contribution in [3.05, 3.63) is 59.6 Å². The summed E-state index contributed by atoms with van der Waals surface area (Å²) in [6.45, 7) is 0.676. The van der Waals surface area contributed by atoms with E-state index in [1.807, 2.05) is 0 Å². The van der Waals surface area contributed by atoms with Gasteiger partial charge in [-0.05, 0) is 43.2 Å². The van der Waals surface area contributed by atoms with E-state index < -0.39 is 10.0 Å². The van der Waals surface area contributed by atoms with Crippen LogP contribution in [0.15, 0.2) is 59.5 Å². The summed E-state index contributed by atoms with van der Waals surface area (Å²) >= 11 is 5.92. The summed E-state index contributed by atoms with van der Waals surface area (Å²) in [5.74, 6) is -0.305. The van der Waals surface area contributed by atoms with E-state index in [1.54, 1.807) is 54.6 Å². The van der Waals surface area contributed by atoms with E-state index in [1.165, 1.54) is 4.31 Å². The van der Waals surface area contributed by atoms with Crippen LogP contribution in [0.2, 0.25) is 5.02 Å². The molecule has 7 heteroatoms. The average Bonchev–Trinajstić information content (AvgIpc) is 2.62. The van der Waals surface area contributed by atoms with Crippen molar-refractivity contribution in [1.82, 2.24) is 4.31 Å². The Kier molecular flexibility index (Phi) is 5.42. The average molecular weight is 379 g/mol. The fourth-order valence-electron chi connectivity index (χ4n) is 2.91. The van der Waals surface area contributed by atoms with Crippen molar-refractivity contribution >= 4 is 33.2 Å². The van der Waals surface area contributed by atoms with Crippen LogP contribution in [0.25, 0.3) is 0 Å². The van der Waals surface area contributed by atoms with E-state index in [4.69, 9.17) is 11.6 Å². The first-order chi connectivity index (χ1) is 12.0. The minimum Gasteiger partial charge on any atom is -0.326 e. The van der Waals surface area contributed by atoms with Crippen molar-refractivity contribution < 1.29 is 13.2 Å². The zero-order valence-electron chi connectivity index (χ0n) is 13.6. The molecule has 0 unspecified atom stereocenters. The first-order valence-electron chi connectivity index (χ1n) is 8.08. The van der Waals surface area contributed by atoms with Gasteiger partial charge in [-0.2, -0.15) is 4.31 Å². The van der Waals surface area contributed by atoms with Gasteiger partial charge in [-0.3, -0.25) is 4.79 Å². The molecule has 1 aliphatic heterocycles. The van der Waals surface area contributed by atoms with E-state index in [0.717, 1.165) is 0 Å². The maximum Gasteiger partial charge on any atom is 0.243 e. The molecule has 2 aromatic rings. The number of carbonyl (C=O) groups is 1. The molecule has 0 aliphatic carbocycles. The Labute approximate surface area is 152 Å². The van der Waals surface area contributed by atoms with Crippen LogP contribution < -0.4 is 5.32 Å². The second-order valence-corrected chi connectivity index (χ2v) is 8.37. The summed E-state index contributed by atoms with van der Waals surface area (Å²) in [5, 5.41) is 3.40. The number of hydrogen-bond donors (Lipinski definition) is 1. The molecule has 1 N–H and O–H groups in total. The van der Waals surface area contributed by atoms with Gasteiger partial charge in [-0.15, -0.1) is 0 Å². The Hall–Kier alpha value is -1.89. The Morgan fingerprint density at radius 2 is 1.72 bits per heavy atom. The van der Waals surface area contributed by atoms with Crippen LogP contribution in [-0.4, -0.2) is 31.7 Å². The van der Waals surface area contributed by atoms with Gasteiger partial charge in [0.25, 0.3) is 0 Å². The number of anilines is 1. The molecule has 1 heterocycles. The van der Waals surface area contributed by atoms with Crippen molar-refractivity contribution in [3.63, 3.8) is 0 Å². The third kappa shape index (κ3) is 4.21. The van der Waals surface area contributed by atoms with E-state index in [9.17, 15) is 13.2 Å². The topological polar surface area (TPSA) is 66.5 Å². The van der Waals surface area contributed by atoms with Gasteiger partial charge in [0.05, 0.1) is 4.90 Å². The number of piperidine rings is 1. The predicted molar refractivity (Wildman–Crippen MR) is 98.0 cm³/mol. The molecule has 0 aromatic heterocycles. The van der Waals surface area contributed by atoms with Gasteiger partial charge in [-0.25, -0.2) is 8.42 Å². The van der Waals surface area contributed by atoms with Gasteiger partial charge in [0.1, 0.15) is 0 Å². The molecule has 1 amide bonds. The third-order valence-corrected chi connectivity index (χ3v) is 6.45. The van der Waals surface area contributed by atoms with Gasteiger partial charge in [0.2, 0.25) is 15.9 Å². The van der Waals surface area contributed by atoms with Crippen LogP contribution in [0.5, 0.6) is 0 Å². The molecule has 1 fully saturated rings. The van der Waals surface area contributed by atoms with Gasteiger partial charge < -0.3 is 5.32 Å². The molecule has 0 radical (unpaired) electrons. The van der Waals surface area contributed by atoms with E-state index in [-0.39, 0.29) is 16.7 Å². The van der Waals surface area contributed by atoms with Crippen LogP contribution in [0, 0.1) is 5.92 Å². The quantitative estimate of drug-likeness (QED) is 0.886. The van der Waals surface area contributed by atoms with E-state index in [0.29, 0.717) is 36.6 Å².